The van der Waals surface area contributed by atoms with Gasteiger partial charge in [0.15, 0.2) is 17.3 Å². The van der Waals surface area contributed by atoms with E-state index >= 15 is 0 Å². The first-order chi connectivity index (χ1) is 9.50. The van der Waals surface area contributed by atoms with Crippen LogP contribution in [0.5, 0.6) is 17.2 Å². The summed E-state index contributed by atoms with van der Waals surface area (Å²) in [5.74, 6) is -1.07. The molecule has 0 saturated heterocycles. The van der Waals surface area contributed by atoms with Gasteiger partial charge in [0, 0.05) is 5.56 Å². The summed E-state index contributed by atoms with van der Waals surface area (Å²) < 4.78 is 5.34. The second-order valence-electron chi connectivity index (χ2n) is 4.67. The van der Waals surface area contributed by atoms with Gasteiger partial charge in [-0.2, -0.15) is 0 Å². The molecular formula is C16H16O4. The Labute approximate surface area is 117 Å². The van der Waals surface area contributed by atoms with Crippen molar-refractivity contribution in [3.63, 3.8) is 0 Å². The van der Waals surface area contributed by atoms with Crippen LogP contribution in [0, 0.1) is 0 Å². The number of rotatable bonds is 4. The average Bonchev–Trinajstić information content (AvgIpc) is 2.44. The van der Waals surface area contributed by atoms with E-state index in [9.17, 15) is 15.0 Å². The predicted molar refractivity (Wildman–Crippen MR) is 75.4 cm³/mol. The van der Waals surface area contributed by atoms with Gasteiger partial charge in [-0.1, -0.05) is 30.3 Å². The zero-order valence-corrected chi connectivity index (χ0v) is 11.3. The van der Waals surface area contributed by atoms with E-state index in [1.807, 2.05) is 0 Å². The van der Waals surface area contributed by atoms with Crippen LogP contribution in [0.15, 0.2) is 42.5 Å². The lowest BCUT2D eigenvalue weighted by atomic mass is 10.0. The minimum Gasteiger partial charge on any atom is -0.504 e. The van der Waals surface area contributed by atoms with Gasteiger partial charge in [-0.15, -0.1) is 0 Å². The van der Waals surface area contributed by atoms with Crippen LogP contribution < -0.4 is 4.74 Å². The Morgan fingerprint density at radius 1 is 1.00 bits per heavy atom. The number of hydrogen-bond donors (Lipinski definition) is 2. The Morgan fingerprint density at radius 2 is 1.65 bits per heavy atom. The van der Waals surface area contributed by atoms with E-state index in [0.717, 1.165) is 0 Å². The number of carbonyl (C=O) groups is 1. The monoisotopic (exact) mass is 272 g/mol. The lowest BCUT2D eigenvalue weighted by Gasteiger charge is -2.13. The van der Waals surface area contributed by atoms with Crippen LogP contribution in [0.4, 0.5) is 0 Å². The smallest absolute Gasteiger partial charge is 0.201 e. The molecule has 2 N–H and O–H groups in total. The third kappa shape index (κ3) is 2.74. The van der Waals surface area contributed by atoms with Gasteiger partial charge in [-0.25, -0.2) is 0 Å². The van der Waals surface area contributed by atoms with Gasteiger partial charge in [0.1, 0.15) is 0 Å². The molecular weight excluding hydrogens is 256 g/mol. The molecule has 0 aliphatic carbocycles. The number of aromatic hydroxyl groups is 2. The number of ketones is 1. The van der Waals surface area contributed by atoms with E-state index in [0.29, 0.717) is 5.56 Å². The van der Waals surface area contributed by atoms with Crippen LogP contribution >= 0.6 is 0 Å². The Kier molecular flexibility index (Phi) is 3.94. The summed E-state index contributed by atoms with van der Waals surface area (Å²) in [5.41, 5.74) is 0.490. The molecule has 0 fully saturated rings. The van der Waals surface area contributed by atoms with Gasteiger partial charge < -0.3 is 14.9 Å². The summed E-state index contributed by atoms with van der Waals surface area (Å²) in [6.45, 7) is 3.61. The summed E-state index contributed by atoms with van der Waals surface area (Å²) in [7, 11) is 0. The van der Waals surface area contributed by atoms with E-state index in [-0.39, 0.29) is 23.2 Å². The molecule has 0 radical (unpaired) electrons. The van der Waals surface area contributed by atoms with Gasteiger partial charge in [-0.05, 0) is 26.0 Å². The summed E-state index contributed by atoms with van der Waals surface area (Å²) >= 11 is 0. The zero-order valence-electron chi connectivity index (χ0n) is 11.3. The normalized spacial score (nSPS) is 10.6. The lowest BCUT2D eigenvalue weighted by molar-refractivity contribution is 0.103. The highest BCUT2D eigenvalue weighted by molar-refractivity contribution is 6.11. The molecule has 0 amide bonds. The molecule has 2 aromatic rings. The first-order valence-electron chi connectivity index (χ1n) is 6.32. The van der Waals surface area contributed by atoms with Crippen LogP contribution in [0.1, 0.15) is 29.8 Å². The van der Waals surface area contributed by atoms with Gasteiger partial charge >= 0.3 is 0 Å². The summed E-state index contributed by atoms with van der Waals surface area (Å²) in [5, 5.41) is 19.9. The first kappa shape index (κ1) is 13.9. The molecule has 0 spiro atoms. The van der Waals surface area contributed by atoms with Crippen LogP contribution in [-0.4, -0.2) is 22.1 Å². The average molecular weight is 272 g/mol. The van der Waals surface area contributed by atoms with Crippen LogP contribution in [0.2, 0.25) is 0 Å². The fraction of sp³-hybridized carbons (Fsp3) is 0.188. The number of hydrogen-bond acceptors (Lipinski definition) is 4. The molecule has 2 aromatic carbocycles. The molecule has 0 aromatic heterocycles. The lowest BCUT2D eigenvalue weighted by Crippen LogP contribution is -2.07. The molecule has 0 heterocycles. The second kappa shape index (κ2) is 5.65. The van der Waals surface area contributed by atoms with Crippen LogP contribution in [0.3, 0.4) is 0 Å². The Morgan fingerprint density at radius 3 is 2.25 bits per heavy atom. The molecule has 0 atom stereocenters. The van der Waals surface area contributed by atoms with Crippen LogP contribution in [0.25, 0.3) is 0 Å². The highest BCUT2D eigenvalue weighted by Gasteiger charge is 2.19. The van der Waals surface area contributed by atoms with Gasteiger partial charge in [0.2, 0.25) is 5.75 Å². The zero-order chi connectivity index (χ0) is 14.7. The molecule has 104 valence electrons. The van der Waals surface area contributed by atoms with Crippen molar-refractivity contribution in [2.24, 2.45) is 0 Å². The SMILES string of the molecule is CC(C)Oc1ccc(C(=O)c2ccccc2)c(O)c1O. The fourth-order valence-electron chi connectivity index (χ4n) is 1.84. The van der Waals surface area contributed by atoms with Crippen LogP contribution in [-0.2, 0) is 0 Å². The van der Waals surface area contributed by atoms with Crippen molar-refractivity contribution in [3.05, 3.63) is 53.6 Å². The Bertz CT molecular complexity index is 618. The molecule has 4 heteroatoms. The van der Waals surface area contributed by atoms with Gasteiger partial charge in [0.05, 0.1) is 11.7 Å². The maximum atomic E-state index is 12.2. The molecule has 2 rings (SSSR count). The number of ether oxygens (including phenoxy) is 1. The quantitative estimate of drug-likeness (QED) is 0.663. The van der Waals surface area contributed by atoms with Crippen molar-refractivity contribution in [1.82, 2.24) is 0 Å². The largest absolute Gasteiger partial charge is 0.504 e. The maximum absolute atomic E-state index is 12.2. The van der Waals surface area contributed by atoms with E-state index in [2.05, 4.69) is 0 Å². The third-order valence-corrected chi connectivity index (χ3v) is 2.76. The Hall–Kier alpha value is -2.49. The molecule has 0 unspecified atom stereocenters. The number of carbonyl (C=O) groups excluding carboxylic acids is 1. The molecule has 0 saturated carbocycles. The molecule has 4 nitrogen and oxygen atoms in total. The van der Waals surface area contributed by atoms with E-state index < -0.39 is 11.5 Å². The van der Waals surface area contributed by atoms with Gasteiger partial charge in [-0.3, -0.25) is 4.79 Å². The van der Waals surface area contributed by atoms with E-state index in [1.54, 1.807) is 44.2 Å². The number of phenolic OH excluding ortho intramolecular Hbond substituents is 2. The predicted octanol–water partition coefficient (Wildman–Crippen LogP) is 3.12. The van der Waals surface area contributed by atoms with E-state index in [1.165, 1.54) is 12.1 Å². The topological polar surface area (TPSA) is 66.8 Å². The number of benzene rings is 2. The molecule has 0 aliphatic rings. The van der Waals surface area contributed by atoms with Crippen molar-refractivity contribution < 1.29 is 19.7 Å². The van der Waals surface area contributed by atoms with Gasteiger partial charge in [0.25, 0.3) is 0 Å². The Balaban J connectivity index is 2.39. The number of phenols is 2. The van der Waals surface area contributed by atoms with E-state index in [4.69, 9.17) is 4.74 Å². The summed E-state index contributed by atoms with van der Waals surface area (Å²) in [4.78, 5) is 12.2. The molecule has 0 bridgehead atoms. The first-order valence-corrected chi connectivity index (χ1v) is 6.32. The summed E-state index contributed by atoms with van der Waals surface area (Å²) in [6.07, 6.45) is -0.143. The van der Waals surface area contributed by atoms with Crippen molar-refractivity contribution in [2.75, 3.05) is 0 Å². The fourth-order valence-corrected chi connectivity index (χ4v) is 1.84. The standard InChI is InChI=1S/C16H16O4/c1-10(2)20-13-9-8-12(15(18)16(13)19)14(17)11-6-4-3-5-7-11/h3-10,18-19H,1-2H3. The molecule has 20 heavy (non-hydrogen) atoms. The molecule has 0 aliphatic heterocycles. The highest BCUT2D eigenvalue weighted by Crippen LogP contribution is 2.39. The highest BCUT2D eigenvalue weighted by atomic mass is 16.5. The van der Waals surface area contributed by atoms with Crippen molar-refractivity contribution in [2.45, 2.75) is 20.0 Å². The summed E-state index contributed by atoms with van der Waals surface area (Å²) in [6, 6.07) is 11.5. The third-order valence-electron chi connectivity index (χ3n) is 2.76. The van der Waals surface area contributed by atoms with Crippen molar-refractivity contribution >= 4 is 5.78 Å². The van der Waals surface area contributed by atoms with Crippen molar-refractivity contribution in [3.8, 4) is 17.2 Å². The second-order valence-corrected chi connectivity index (χ2v) is 4.67. The van der Waals surface area contributed by atoms with Crippen molar-refractivity contribution in [1.29, 1.82) is 0 Å². The minimum atomic E-state index is -0.461. The minimum absolute atomic E-state index is 0.0461. The maximum Gasteiger partial charge on any atom is 0.201 e.